The molecule has 1 spiro atoms. The van der Waals surface area contributed by atoms with E-state index in [4.69, 9.17) is 0 Å². The molecule has 9 heteroatoms. The summed E-state index contributed by atoms with van der Waals surface area (Å²) in [4.78, 5) is 48.8. The van der Waals surface area contributed by atoms with Crippen molar-refractivity contribution in [1.29, 1.82) is 0 Å². The van der Waals surface area contributed by atoms with Crippen molar-refractivity contribution in [2.75, 3.05) is 26.2 Å². The number of thioether (sulfide) groups is 1. The maximum atomic E-state index is 14.9. The second-order valence-electron chi connectivity index (χ2n) is 13.5. The monoisotopic (exact) mass is 639 g/mol. The van der Waals surface area contributed by atoms with Crippen LogP contribution in [-0.4, -0.2) is 96.2 Å². The Morgan fingerprint density at radius 2 is 1.80 bits per heavy atom. The van der Waals surface area contributed by atoms with Crippen LogP contribution in [0.3, 0.4) is 0 Å². The average Bonchev–Trinajstić information content (AvgIpc) is 3.44. The van der Waals surface area contributed by atoms with Crippen LogP contribution in [0, 0.1) is 17.3 Å². The lowest BCUT2D eigenvalue weighted by Crippen LogP contribution is -2.61. The number of alkyl halides is 1. The molecule has 7 atom stereocenters. The topological polar surface area (TPSA) is 81.2 Å². The zero-order valence-electron chi connectivity index (χ0n) is 25.5. The summed E-state index contributed by atoms with van der Waals surface area (Å²) in [6.45, 7) is 23.5. The Morgan fingerprint density at radius 3 is 2.30 bits per heavy atom. The molecule has 0 radical (unpaired) electrons. The van der Waals surface area contributed by atoms with Gasteiger partial charge in [-0.2, -0.15) is 0 Å². The molecule has 3 heterocycles. The molecular weight excluding hydrogens is 590 g/mol. The maximum Gasteiger partial charge on any atom is 0.247 e. The summed E-state index contributed by atoms with van der Waals surface area (Å²) in [6.07, 6.45) is 6.19. The first kappa shape index (κ1) is 33.2. The van der Waals surface area contributed by atoms with Crippen LogP contribution in [0.2, 0.25) is 0 Å². The average molecular weight is 641 g/mol. The highest BCUT2D eigenvalue weighted by Gasteiger charge is 2.76. The van der Waals surface area contributed by atoms with E-state index in [-0.39, 0.29) is 39.8 Å². The smallest absolute Gasteiger partial charge is 0.247 e. The van der Waals surface area contributed by atoms with Gasteiger partial charge in [-0.1, -0.05) is 62.7 Å². The summed E-state index contributed by atoms with van der Waals surface area (Å²) in [5.41, 5.74) is -0.529. The van der Waals surface area contributed by atoms with Crippen LogP contribution < -0.4 is 0 Å². The molecule has 40 heavy (non-hydrogen) atoms. The number of nitrogens with zero attached hydrogens (tertiary/aromatic N) is 3. The zero-order valence-corrected chi connectivity index (χ0v) is 27.9. The van der Waals surface area contributed by atoms with Crippen molar-refractivity contribution in [2.24, 2.45) is 17.3 Å². The molecule has 7 nitrogen and oxygen atoms in total. The van der Waals surface area contributed by atoms with Gasteiger partial charge in [0.1, 0.15) is 6.04 Å². The van der Waals surface area contributed by atoms with E-state index in [2.05, 4.69) is 63.7 Å². The normalized spacial score (nSPS) is 30.3. The molecule has 3 rings (SSSR count). The van der Waals surface area contributed by atoms with Gasteiger partial charge in [0.25, 0.3) is 0 Å². The van der Waals surface area contributed by atoms with Crippen LogP contribution >= 0.6 is 27.7 Å². The Hall–Kier alpha value is -1.32. The lowest BCUT2D eigenvalue weighted by Gasteiger charge is -2.46. The van der Waals surface area contributed by atoms with Crippen LogP contribution in [0.15, 0.2) is 25.3 Å². The minimum Gasteiger partial charge on any atom is -0.394 e. The molecule has 0 aromatic heterocycles. The number of rotatable bonds is 13. The van der Waals surface area contributed by atoms with Gasteiger partial charge in [0.15, 0.2) is 0 Å². The third-order valence-electron chi connectivity index (χ3n) is 8.75. The summed E-state index contributed by atoms with van der Waals surface area (Å²) in [6, 6.07) is -1.27. The van der Waals surface area contributed by atoms with Crippen molar-refractivity contribution in [1.82, 2.24) is 14.7 Å². The molecule has 3 aliphatic heterocycles. The molecule has 226 valence electrons. The first-order chi connectivity index (χ1) is 18.6. The first-order valence-corrected chi connectivity index (χ1v) is 16.5. The van der Waals surface area contributed by atoms with E-state index in [9.17, 15) is 19.5 Å². The summed E-state index contributed by atoms with van der Waals surface area (Å²) < 4.78 is -0.751. The summed E-state index contributed by atoms with van der Waals surface area (Å²) in [5, 5.41) is 10.3. The second-order valence-corrected chi connectivity index (χ2v) is 16.2. The number of aliphatic hydroxyl groups is 1. The van der Waals surface area contributed by atoms with Crippen molar-refractivity contribution in [3.8, 4) is 0 Å². The van der Waals surface area contributed by atoms with E-state index in [1.54, 1.807) is 33.7 Å². The molecule has 3 saturated heterocycles. The number of hydrogen-bond acceptors (Lipinski definition) is 5. The SMILES string of the molecule is C=CCN(CCC)C(=O)[C@H]1[C@H]2C(=O)N([C@@H](CC)CO)C(C(=O)N(CC=C)C(C)(C)CC(C)(C)C)C23CC(Br)[C@@H]1S3. The van der Waals surface area contributed by atoms with Gasteiger partial charge < -0.3 is 19.8 Å². The predicted octanol–water partition coefficient (Wildman–Crippen LogP) is 4.88. The van der Waals surface area contributed by atoms with Crippen molar-refractivity contribution < 1.29 is 19.5 Å². The highest BCUT2D eigenvalue weighted by Crippen LogP contribution is 2.68. The molecule has 1 N–H and O–H groups in total. The minimum absolute atomic E-state index is 0.00241. The van der Waals surface area contributed by atoms with Gasteiger partial charge in [-0.25, -0.2) is 0 Å². The number of halogens is 1. The molecule has 0 aliphatic carbocycles. The zero-order chi connectivity index (χ0) is 30.2. The fourth-order valence-electron chi connectivity index (χ4n) is 7.67. The predicted molar refractivity (Wildman–Crippen MR) is 167 cm³/mol. The Balaban J connectivity index is 2.16. The first-order valence-electron chi connectivity index (χ1n) is 14.7. The molecule has 3 unspecified atom stereocenters. The van der Waals surface area contributed by atoms with E-state index in [1.165, 1.54) is 0 Å². The molecular formula is C31H50BrN3O4S. The maximum absolute atomic E-state index is 14.9. The molecule has 2 bridgehead atoms. The lowest BCUT2D eigenvalue weighted by molar-refractivity contribution is -0.149. The van der Waals surface area contributed by atoms with E-state index in [1.807, 2.05) is 18.7 Å². The van der Waals surface area contributed by atoms with Crippen LogP contribution in [0.5, 0.6) is 0 Å². The van der Waals surface area contributed by atoms with Gasteiger partial charge in [0.05, 0.1) is 29.2 Å². The van der Waals surface area contributed by atoms with Gasteiger partial charge in [-0.3, -0.25) is 14.4 Å². The Morgan fingerprint density at radius 1 is 1.18 bits per heavy atom. The Bertz CT molecular complexity index is 994. The number of carbonyl (C=O) groups is 3. The number of fused-ring (bicyclic) bond motifs is 1. The number of hydrogen-bond donors (Lipinski definition) is 1. The standard InChI is InChI=1S/C31H50BrN3O4S/c1-10-14-33(15-11-2)26(37)22-23-27(38)35(20(13-4)18-36)25(31(23)17-21(32)24(22)40-31)28(39)34(16-12-3)30(8,9)19-29(5,6)7/h10,12,20-25,36H,1,3,11,13-19H2,2,4-9H3/t20-,21?,22-,23-,24-,25?,31?/m0/s1. The van der Waals surface area contributed by atoms with Crippen molar-refractivity contribution in [3.63, 3.8) is 0 Å². The molecule has 0 aromatic carbocycles. The van der Waals surface area contributed by atoms with Crippen LogP contribution in [0.25, 0.3) is 0 Å². The van der Waals surface area contributed by atoms with Gasteiger partial charge in [0.2, 0.25) is 17.7 Å². The molecule has 3 aliphatic rings. The van der Waals surface area contributed by atoms with Crippen molar-refractivity contribution in [2.45, 2.75) is 107 Å². The van der Waals surface area contributed by atoms with Gasteiger partial charge in [-0.15, -0.1) is 24.9 Å². The fraction of sp³-hybridized carbons (Fsp3) is 0.774. The molecule has 3 fully saturated rings. The third kappa shape index (κ3) is 5.81. The highest BCUT2D eigenvalue weighted by molar-refractivity contribution is 9.09. The quantitative estimate of drug-likeness (QED) is 0.230. The van der Waals surface area contributed by atoms with Crippen molar-refractivity contribution in [3.05, 3.63) is 25.3 Å². The van der Waals surface area contributed by atoms with Gasteiger partial charge in [-0.05, 0) is 44.9 Å². The molecule has 3 amide bonds. The number of likely N-dealkylation sites (tertiary alicyclic amines) is 1. The third-order valence-corrected chi connectivity index (χ3v) is 12.0. The number of carbonyl (C=O) groups excluding carboxylic acids is 3. The molecule has 0 aromatic rings. The van der Waals surface area contributed by atoms with Gasteiger partial charge in [0, 0.05) is 35.3 Å². The van der Waals surface area contributed by atoms with E-state index >= 15 is 0 Å². The van der Waals surface area contributed by atoms with E-state index < -0.39 is 34.2 Å². The molecule has 0 saturated carbocycles. The Kier molecular flexibility index (Phi) is 10.4. The fourth-order valence-corrected chi connectivity index (χ4v) is 11.3. The number of aliphatic hydroxyl groups excluding tert-OH is 1. The summed E-state index contributed by atoms with van der Waals surface area (Å²) in [5.74, 6) is -1.47. The minimum atomic E-state index is -0.770. The van der Waals surface area contributed by atoms with Gasteiger partial charge >= 0.3 is 0 Å². The summed E-state index contributed by atoms with van der Waals surface area (Å²) >= 11 is 5.52. The van der Waals surface area contributed by atoms with Crippen LogP contribution in [-0.2, 0) is 14.4 Å². The lowest BCUT2D eigenvalue weighted by atomic mass is 9.70. The Labute approximate surface area is 254 Å². The largest absolute Gasteiger partial charge is 0.394 e. The summed E-state index contributed by atoms with van der Waals surface area (Å²) in [7, 11) is 0. The van der Waals surface area contributed by atoms with E-state index in [0.29, 0.717) is 32.5 Å². The van der Waals surface area contributed by atoms with E-state index in [0.717, 1.165) is 12.8 Å². The van der Waals surface area contributed by atoms with Crippen LogP contribution in [0.4, 0.5) is 0 Å². The van der Waals surface area contributed by atoms with Crippen molar-refractivity contribution >= 4 is 45.4 Å². The highest BCUT2D eigenvalue weighted by atomic mass is 79.9. The second kappa shape index (κ2) is 12.5. The number of amides is 3. The van der Waals surface area contributed by atoms with Crippen LogP contribution in [0.1, 0.15) is 74.1 Å².